The molecule has 9 heteroatoms. The molecule has 29 heavy (non-hydrogen) atoms. The van der Waals surface area contributed by atoms with Crippen LogP contribution in [0.2, 0.25) is 0 Å². The number of rotatable bonds is 6. The number of nitrogens with one attached hydrogen (secondary N) is 2. The lowest BCUT2D eigenvalue weighted by molar-refractivity contribution is -0.113. The maximum absolute atomic E-state index is 12.5. The van der Waals surface area contributed by atoms with E-state index >= 15 is 0 Å². The molecule has 1 aliphatic heterocycles. The van der Waals surface area contributed by atoms with E-state index in [-0.39, 0.29) is 23.8 Å². The van der Waals surface area contributed by atoms with Gasteiger partial charge < -0.3 is 19.8 Å². The Morgan fingerprint density at radius 2 is 1.90 bits per heavy atom. The number of amides is 1. The summed E-state index contributed by atoms with van der Waals surface area (Å²) in [5.74, 6) is -1.47. The molecule has 0 saturated heterocycles. The van der Waals surface area contributed by atoms with Crippen molar-refractivity contribution in [1.29, 1.82) is 0 Å². The smallest absolute Gasteiger partial charge is 0.340 e. The number of benzene rings is 1. The van der Waals surface area contributed by atoms with E-state index in [0.29, 0.717) is 28.3 Å². The zero-order valence-corrected chi connectivity index (χ0v) is 17.0. The molecule has 3 rings (SSSR count). The Morgan fingerprint density at radius 3 is 2.62 bits per heavy atom. The number of fused-ring (bicyclic) bond motifs is 1. The van der Waals surface area contributed by atoms with Crippen molar-refractivity contribution in [2.75, 3.05) is 24.3 Å². The summed E-state index contributed by atoms with van der Waals surface area (Å²) in [6.45, 7) is 4.74. The topological polar surface area (TPSA) is 115 Å². The summed E-state index contributed by atoms with van der Waals surface area (Å²) in [5, 5.41) is 2.70. The average molecular weight is 416 g/mol. The van der Waals surface area contributed by atoms with E-state index in [9.17, 15) is 19.2 Å². The number of ketones is 1. The summed E-state index contributed by atoms with van der Waals surface area (Å²) in [6, 6.07) is 4.83. The van der Waals surface area contributed by atoms with Crippen molar-refractivity contribution in [3.05, 3.63) is 46.3 Å². The van der Waals surface area contributed by atoms with Crippen LogP contribution in [0, 0.1) is 13.8 Å². The molecule has 2 heterocycles. The van der Waals surface area contributed by atoms with E-state index in [4.69, 9.17) is 9.47 Å². The van der Waals surface area contributed by atoms with Gasteiger partial charge in [-0.3, -0.25) is 9.59 Å². The number of thioether (sulfide) groups is 1. The number of carbonyl (C=O) groups is 4. The Balaban J connectivity index is 1.69. The van der Waals surface area contributed by atoms with Crippen LogP contribution in [0.1, 0.15) is 49.4 Å². The van der Waals surface area contributed by atoms with E-state index in [2.05, 4.69) is 10.3 Å². The van der Waals surface area contributed by atoms with Crippen LogP contribution in [0.4, 0.5) is 5.69 Å². The van der Waals surface area contributed by atoms with Gasteiger partial charge in [-0.05, 0) is 44.5 Å². The van der Waals surface area contributed by atoms with Gasteiger partial charge in [0, 0.05) is 10.6 Å². The summed E-state index contributed by atoms with van der Waals surface area (Å²) in [7, 11) is 0. The molecular formula is C20H20N2O6S. The SMILES string of the molecule is CCOC(=O)c1c(C)[nH]c(C(=O)COC(=O)c2ccc3c(c2)NC(=O)CS3)c1C. The van der Waals surface area contributed by atoms with Gasteiger partial charge in [-0.1, -0.05) is 0 Å². The van der Waals surface area contributed by atoms with E-state index in [1.54, 1.807) is 32.9 Å². The van der Waals surface area contributed by atoms with Gasteiger partial charge in [-0.25, -0.2) is 9.59 Å². The minimum absolute atomic E-state index is 0.141. The van der Waals surface area contributed by atoms with Crippen LogP contribution in [0.3, 0.4) is 0 Å². The Bertz CT molecular complexity index is 1010. The largest absolute Gasteiger partial charge is 0.462 e. The summed E-state index contributed by atoms with van der Waals surface area (Å²) in [6.07, 6.45) is 0. The molecule has 0 radical (unpaired) electrons. The fourth-order valence-electron chi connectivity index (χ4n) is 3.03. The third-order valence-corrected chi connectivity index (χ3v) is 5.45. The number of aryl methyl sites for hydroxylation is 1. The zero-order chi connectivity index (χ0) is 21.1. The Hall–Kier alpha value is -3.07. The molecule has 1 aliphatic rings. The van der Waals surface area contributed by atoms with Crippen molar-refractivity contribution < 1.29 is 28.7 Å². The first-order valence-electron chi connectivity index (χ1n) is 8.95. The summed E-state index contributed by atoms with van der Waals surface area (Å²) < 4.78 is 10.1. The third-order valence-electron chi connectivity index (χ3n) is 4.38. The lowest BCUT2D eigenvalue weighted by Crippen LogP contribution is -2.20. The van der Waals surface area contributed by atoms with E-state index in [0.717, 1.165) is 4.90 Å². The molecular weight excluding hydrogens is 396 g/mol. The molecule has 0 atom stereocenters. The molecule has 0 aliphatic carbocycles. The van der Waals surface area contributed by atoms with Crippen LogP contribution in [-0.2, 0) is 14.3 Å². The van der Waals surface area contributed by atoms with Crippen LogP contribution in [0.15, 0.2) is 23.1 Å². The van der Waals surface area contributed by atoms with E-state index in [1.165, 1.54) is 17.8 Å². The van der Waals surface area contributed by atoms with E-state index in [1.807, 2.05) is 0 Å². The molecule has 1 amide bonds. The molecule has 0 fully saturated rings. The Labute approximate surface area is 171 Å². The number of aromatic nitrogens is 1. The number of anilines is 1. The molecule has 0 unspecified atom stereocenters. The number of hydrogen-bond acceptors (Lipinski definition) is 7. The normalized spacial score (nSPS) is 12.7. The first kappa shape index (κ1) is 20.7. The molecule has 0 spiro atoms. The molecule has 152 valence electrons. The predicted molar refractivity (Wildman–Crippen MR) is 107 cm³/mol. The zero-order valence-electron chi connectivity index (χ0n) is 16.2. The number of H-pyrrole nitrogens is 1. The second-order valence-electron chi connectivity index (χ2n) is 6.39. The van der Waals surface area contributed by atoms with Crippen molar-refractivity contribution in [3.63, 3.8) is 0 Å². The standard InChI is InChI=1S/C20H20N2O6S/c1-4-27-20(26)17-10(2)18(21-11(17)3)14(23)8-28-19(25)12-5-6-15-13(7-12)22-16(24)9-29-15/h5-7,21H,4,8-9H2,1-3H3,(H,22,24). The highest BCUT2D eigenvalue weighted by Crippen LogP contribution is 2.32. The van der Waals surface area contributed by atoms with Crippen molar-refractivity contribution in [2.45, 2.75) is 25.7 Å². The Kier molecular flexibility index (Phi) is 6.07. The van der Waals surface area contributed by atoms with Gasteiger partial charge in [0.2, 0.25) is 11.7 Å². The number of carbonyl (C=O) groups excluding carboxylic acids is 4. The van der Waals surface area contributed by atoms with Crippen molar-refractivity contribution in [1.82, 2.24) is 4.98 Å². The molecule has 2 aromatic rings. The van der Waals surface area contributed by atoms with Crippen LogP contribution in [-0.4, -0.2) is 47.6 Å². The highest BCUT2D eigenvalue weighted by atomic mass is 32.2. The van der Waals surface area contributed by atoms with Crippen LogP contribution in [0.5, 0.6) is 0 Å². The summed E-state index contributed by atoms with van der Waals surface area (Å²) >= 11 is 1.38. The fraction of sp³-hybridized carbons (Fsp3) is 0.300. The van der Waals surface area contributed by atoms with Gasteiger partial charge in [0.05, 0.1) is 34.9 Å². The van der Waals surface area contributed by atoms with Gasteiger partial charge in [-0.15, -0.1) is 11.8 Å². The highest BCUT2D eigenvalue weighted by Gasteiger charge is 2.24. The van der Waals surface area contributed by atoms with Gasteiger partial charge >= 0.3 is 11.9 Å². The second-order valence-corrected chi connectivity index (χ2v) is 7.41. The van der Waals surface area contributed by atoms with Crippen LogP contribution in [0.25, 0.3) is 0 Å². The number of ether oxygens (including phenoxy) is 2. The first-order valence-corrected chi connectivity index (χ1v) is 9.93. The van der Waals surface area contributed by atoms with Gasteiger partial charge in [-0.2, -0.15) is 0 Å². The minimum atomic E-state index is -0.683. The minimum Gasteiger partial charge on any atom is -0.462 e. The first-order chi connectivity index (χ1) is 13.8. The molecule has 0 bridgehead atoms. The monoisotopic (exact) mass is 416 g/mol. The molecule has 8 nitrogen and oxygen atoms in total. The second kappa shape index (κ2) is 8.52. The lowest BCUT2D eigenvalue weighted by Gasteiger charge is -2.16. The van der Waals surface area contributed by atoms with Gasteiger partial charge in [0.15, 0.2) is 6.61 Å². The number of hydrogen-bond donors (Lipinski definition) is 2. The van der Waals surface area contributed by atoms with Crippen LogP contribution >= 0.6 is 11.8 Å². The molecule has 2 N–H and O–H groups in total. The number of Topliss-reactive ketones (excluding diaryl/α,β-unsaturated/α-hetero) is 1. The number of aromatic amines is 1. The fourth-order valence-corrected chi connectivity index (χ4v) is 3.82. The Morgan fingerprint density at radius 1 is 1.14 bits per heavy atom. The maximum Gasteiger partial charge on any atom is 0.340 e. The lowest BCUT2D eigenvalue weighted by atomic mass is 10.1. The maximum atomic E-state index is 12.5. The van der Waals surface area contributed by atoms with Crippen molar-refractivity contribution >= 4 is 41.1 Å². The van der Waals surface area contributed by atoms with Gasteiger partial charge in [0.25, 0.3) is 0 Å². The highest BCUT2D eigenvalue weighted by molar-refractivity contribution is 8.00. The third kappa shape index (κ3) is 4.34. The molecule has 0 saturated carbocycles. The van der Waals surface area contributed by atoms with Crippen molar-refractivity contribution in [3.8, 4) is 0 Å². The summed E-state index contributed by atoms with van der Waals surface area (Å²) in [4.78, 5) is 52.1. The molecule has 1 aromatic carbocycles. The van der Waals surface area contributed by atoms with Crippen molar-refractivity contribution in [2.24, 2.45) is 0 Å². The average Bonchev–Trinajstić information content (AvgIpc) is 2.99. The van der Waals surface area contributed by atoms with E-state index < -0.39 is 24.3 Å². The predicted octanol–water partition coefficient (Wildman–Crippen LogP) is 2.89. The van der Waals surface area contributed by atoms with Gasteiger partial charge in [0.1, 0.15) is 0 Å². The quantitative estimate of drug-likeness (QED) is 0.550. The summed E-state index contributed by atoms with van der Waals surface area (Å²) in [5.41, 5.74) is 2.25. The molecule has 1 aromatic heterocycles. The number of esters is 2. The van der Waals surface area contributed by atoms with Crippen LogP contribution < -0.4 is 5.32 Å².